The predicted molar refractivity (Wildman–Crippen MR) is 135 cm³/mol. The van der Waals surface area contributed by atoms with Gasteiger partial charge in [0.1, 0.15) is 10.5 Å². The second kappa shape index (κ2) is 8.19. The Balaban J connectivity index is 1.22. The van der Waals surface area contributed by atoms with E-state index in [9.17, 15) is 27.8 Å². The number of hydrogen-bond acceptors (Lipinski definition) is 4. The third-order valence-corrected chi connectivity index (χ3v) is 10.1. The Morgan fingerprint density at radius 2 is 1.43 bits per heavy atom. The van der Waals surface area contributed by atoms with Gasteiger partial charge in [0.25, 0.3) is 0 Å². The Labute approximate surface area is 211 Å². The average Bonchev–Trinajstić information content (AvgIpc) is 3.31. The number of imidazole rings is 1. The van der Waals surface area contributed by atoms with Gasteiger partial charge in [-0.15, -0.1) is 0 Å². The molecule has 2 aromatic heterocycles. The molecule has 1 fully saturated rings. The maximum absolute atomic E-state index is 13.2. The number of nitrogens with one attached hydrogen (secondary N) is 1. The fraction of sp³-hybridized carbons (Fsp3) is 0.240. The molecule has 1 aliphatic rings. The van der Waals surface area contributed by atoms with Gasteiger partial charge in [0.2, 0.25) is 0 Å². The molecule has 0 amide bonds. The van der Waals surface area contributed by atoms with E-state index in [0.29, 0.717) is 37.8 Å². The third kappa shape index (κ3) is 5.45. The standard InChI is InChI=1S/C25H24F5N3O2S2/c26-37(27,28,29,30)24-12-6-21(7-13-24)32-20-4-10-23(11-5-20)36(34,35)22-8-1-18(2-9-22)19-3-14-25-31-15-16-33(25)17-19/h1-3,6-9,12-17,20,23,32H,4-5,10-11H2. The van der Waals surface area contributed by atoms with Gasteiger partial charge in [-0.1, -0.05) is 31.6 Å². The van der Waals surface area contributed by atoms with Crippen molar-refractivity contribution in [3.63, 3.8) is 0 Å². The molecule has 1 saturated carbocycles. The molecule has 198 valence electrons. The number of fused-ring (bicyclic) bond motifs is 1. The number of nitrogens with zero attached hydrogens (tertiary/aromatic N) is 2. The first-order valence-electron chi connectivity index (χ1n) is 11.6. The molecule has 0 aliphatic heterocycles. The van der Waals surface area contributed by atoms with E-state index in [-0.39, 0.29) is 16.6 Å². The van der Waals surface area contributed by atoms with Crippen LogP contribution in [0.5, 0.6) is 0 Å². The van der Waals surface area contributed by atoms with Crippen LogP contribution in [0.15, 0.2) is 89.0 Å². The highest BCUT2D eigenvalue weighted by atomic mass is 32.5. The molecular weight excluding hydrogens is 533 g/mol. The molecule has 0 radical (unpaired) electrons. The minimum atomic E-state index is -9.71. The molecule has 12 heteroatoms. The fourth-order valence-corrected chi connectivity index (χ4v) is 7.13. The monoisotopic (exact) mass is 557 g/mol. The van der Waals surface area contributed by atoms with E-state index in [1.54, 1.807) is 30.5 Å². The van der Waals surface area contributed by atoms with Gasteiger partial charge in [-0.3, -0.25) is 0 Å². The number of aromatic nitrogens is 2. The number of rotatable bonds is 6. The lowest BCUT2D eigenvalue weighted by atomic mass is 9.95. The molecule has 2 aromatic carbocycles. The molecule has 0 saturated heterocycles. The summed E-state index contributed by atoms with van der Waals surface area (Å²) in [6.45, 7) is 0. The molecule has 5 rings (SSSR count). The summed E-state index contributed by atoms with van der Waals surface area (Å²) in [6.07, 6.45) is 7.17. The number of benzene rings is 2. The smallest absolute Gasteiger partial charge is 0.310 e. The molecule has 5 nitrogen and oxygen atoms in total. The van der Waals surface area contributed by atoms with Crippen LogP contribution in [0.3, 0.4) is 0 Å². The number of anilines is 1. The van der Waals surface area contributed by atoms with Crippen molar-refractivity contribution in [2.75, 3.05) is 5.32 Å². The van der Waals surface area contributed by atoms with Crippen LogP contribution in [0.1, 0.15) is 25.7 Å². The molecule has 37 heavy (non-hydrogen) atoms. The van der Waals surface area contributed by atoms with Crippen LogP contribution in [-0.2, 0) is 9.84 Å². The van der Waals surface area contributed by atoms with E-state index < -0.39 is 30.2 Å². The maximum Gasteiger partial charge on any atom is 0.310 e. The number of pyridine rings is 1. The van der Waals surface area contributed by atoms with Crippen LogP contribution < -0.4 is 5.32 Å². The third-order valence-electron chi connectivity index (χ3n) is 6.69. The van der Waals surface area contributed by atoms with Gasteiger partial charge >= 0.3 is 10.2 Å². The highest BCUT2D eigenvalue weighted by molar-refractivity contribution is 8.45. The predicted octanol–water partition coefficient (Wildman–Crippen LogP) is 7.86. The van der Waals surface area contributed by atoms with Crippen molar-refractivity contribution in [3.8, 4) is 11.1 Å². The number of halogens is 5. The maximum atomic E-state index is 13.2. The van der Waals surface area contributed by atoms with Crippen molar-refractivity contribution in [3.05, 3.63) is 79.3 Å². The molecule has 2 heterocycles. The quantitative estimate of drug-likeness (QED) is 0.245. The fourth-order valence-electron chi connectivity index (χ4n) is 4.68. The van der Waals surface area contributed by atoms with Crippen molar-refractivity contribution < 1.29 is 27.8 Å². The van der Waals surface area contributed by atoms with Gasteiger partial charge in [-0.2, -0.15) is 0 Å². The van der Waals surface area contributed by atoms with Crippen molar-refractivity contribution in [2.45, 2.75) is 46.8 Å². The van der Waals surface area contributed by atoms with Gasteiger partial charge in [-0.05, 0) is 85.3 Å². The second-order valence-corrected chi connectivity index (χ2v) is 13.9. The first-order chi connectivity index (χ1) is 17.2. The van der Waals surface area contributed by atoms with Gasteiger partial charge in [0, 0.05) is 30.3 Å². The highest BCUT2D eigenvalue weighted by Crippen LogP contribution is 3.02. The minimum absolute atomic E-state index is 0.169. The van der Waals surface area contributed by atoms with Crippen LogP contribution in [-0.4, -0.2) is 29.1 Å². The van der Waals surface area contributed by atoms with E-state index in [1.807, 2.05) is 28.9 Å². The first-order valence-corrected chi connectivity index (χ1v) is 15.1. The first kappa shape index (κ1) is 25.5. The van der Waals surface area contributed by atoms with Crippen LogP contribution >= 0.6 is 10.2 Å². The molecular formula is C25H24F5N3O2S2. The Morgan fingerprint density at radius 3 is 2.05 bits per heavy atom. The Bertz CT molecular complexity index is 1550. The Kier molecular flexibility index (Phi) is 5.65. The summed E-state index contributed by atoms with van der Waals surface area (Å²) in [7, 11) is -13.3. The summed E-state index contributed by atoms with van der Waals surface area (Å²) in [5.41, 5.74) is 2.89. The zero-order valence-corrected chi connectivity index (χ0v) is 21.0. The topological polar surface area (TPSA) is 63.5 Å². The van der Waals surface area contributed by atoms with Crippen molar-refractivity contribution in [1.82, 2.24) is 9.38 Å². The lowest BCUT2D eigenvalue weighted by molar-refractivity contribution is 0.364. The number of sulfone groups is 1. The molecule has 0 bridgehead atoms. The summed E-state index contributed by atoms with van der Waals surface area (Å²) < 4.78 is 92.9. The Morgan fingerprint density at radius 1 is 0.811 bits per heavy atom. The SMILES string of the molecule is O=S(=O)(c1ccc(-c2ccc3nccn3c2)cc1)C1CCC(Nc2ccc(S(F)(F)(F)(F)F)cc2)CC1. The summed E-state index contributed by atoms with van der Waals surface area (Å²) in [5, 5.41) is 2.46. The summed E-state index contributed by atoms with van der Waals surface area (Å²) in [6, 6.07) is 13.1. The zero-order valence-electron chi connectivity index (χ0n) is 19.4. The van der Waals surface area contributed by atoms with E-state index in [1.165, 1.54) is 0 Å². The van der Waals surface area contributed by atoms with E-state index in [4.69, 9.17) is 0 Å². The average molecular weight is 558 g/mol. The molecule has 0 atom stereocenters. The molecule has 0 spiro atoms. The van der Waals surface area contributed by atoms with Crippen LogP contribution in [0.25, 0.3) is 16.8 Å². The highest BCUT2D eigenvalue weighted by Gasteiger charge is 2.65. The van der Waals surface area contributed by atoms with Crippen molar-refractivity contribution in [2.24, 2.45) is 0 Å². The molecule has 1 N–H and O–H groups in total. The molecule has 0 unspecified atom stereocenters. The van der Waals surface area contributed by atoms with E-state index in [0.717, 1.165) is 28.9 Å². The normalized spacial score (nSPS) is 20.8. The summed E-state index contributed by atoms with van der Waals surface area (Å²) >= 11 is 0. The lowest BCUT2D eigenvalue weighted by Crippen LogP contribution is -2.32. The minimum Gasteiger partial charge on any atom is -0.382 e. The number of hydrogen-bond donors (Lipinski definition) is 1. The largest absolute Gasteiger partial charge is 0.382 e. The summed E-state index contributed by atoms with van der Waals surface area (Å²) in [4.78, 5) is 2.51. The van der Waals surface area contributed by atoms with Crippen molar-refractivity contribution in [1.29, 1.82) is 0 Å². The van der Waals surface area contributed by atoms with Crippen LogP contribution in [0, 0.1) is 0 Å². The summed E-state index contributed by atoms with van der Waals surface area (Å²) in [5.74, 6) is 0. The lowest BCUT2D eigenvalue weighted by Gasteiger charge is -2.40. The molecule has 1 aliphatic carbocycles. The van der Waals surface area contributed by atoms with Crippen LogP contribution in [0.2, 0.25) is 0 Å². The molecule has 4 aromatic rings. The van der Waals surface area contributed by atoms with Gasteiger partial charge in [-0.25, -0.2) is 13.4 Å². The van der Waals surface area contributed by atoms with Crippen LogP contribution in [0.4, 0.5) is 25.1 Å². The van der Waals surface area contributed by atoms with Crippen molar-refractivity contribution >= 4 is 31.4 Å². The second-order valence-electron chi connectivity index (χ2n) is 9.29. The van der Waals surface area contributed by atoms with E-state index >= 15 is 0 Å². The van der Waals surface area contributed by atoms with Gasteiger partial charge in [0.15, 0.2) is 9.84 Å². The van der Waals surface area contributed by atoms with Gasteiger partial charge < -0.3 is 9.72 Å². The Hall–Kier alpha value is -3.12. The van der Waals surface area contributed by atoms with E-state index in [2.05, 4.69) is 10.3 Å². The zero-order chi connectivity index (χ0) is 26.5. The van der Waals surface area contributed by atoms with Gasteiger partial charge in [0.05, 0.1) is 10.1 Å².